The Balaban J connectivity index is 2.06. The number of pyridine rings is 2. The lowest BCUT2D eigenvalue weighted by Gasteiger charge is -2.22. The molecule has 0 saturated carbocycles. The van der Waals surface area contributed by atoms with E-state index in [0.717, 1.165) is 12.0 Å². The molecule has 0 aliphatic heterocycles. The van der Waals surface area contributed by atoms with Crippen molar-refractivity contribution in [2.75, 3.05) is 24.2 Å². The van der Waals surface area contributed by atoms with Crippen molar-refractivity contribution >= 4 is 15.7 Å². The second kappa shape index (κ2) is 7.22. The third kappa shape index (κ3) is 4.42. The molecule has 0 N–H and O–H groups in total. The molecule has 0 aliphatic rings. The van der Waals surface area contributed by atoms with Crippen molar-refractivity contribution < 1.29 is 13.2 Å². The molecule has 0 amide bonds. The van der Waals surface area contributed by atoms with Crippen LogP contribution in [0, 0.1) is 0 Å². The summed E-state index contributed by atoms with van der Waals surface area (Å²) in [6, 6.07) is 7.19. The van der Waals surface area contributed by atoms with Crippen LogP contribution in [-0.4, -0.2) is 38.3 Å². The Morgan fingerprint density at radius 3 is 2.59 bits per heavy atom. The lowest BCUT2D eigenvalue weighted by Crippen LogP contribution is -2.31. The predicted molar refractivity (Wildman–Crippen MR) is 85.5 cm³/mol. The summed E-state index contributed by atoms with van der Waals surface area (Å²) in [4.78, 5) is 8.11. The number of sulfonamides is 1. The van der Waals surface area contributed by atoms with E-state index in [1.165, 1.54) is 23.9 Å². The van der Waals surface area contributed by atoms with Gasteiger partial charge in [0.05, 0.1) is 25.2 Å². The standard InChI is InChI=1S/C15H19N3O3S/c1-21-15-8-7-14(12-17-15)18(22(2,19)20)10-4-6-13-5-3-9-16-11-13/h3,5,7-9,11-12H,4,6,10H2,1-2H3. The summed E-state index contributed by atoms with van der Waals surface area (Å²) in [5.41, 5.74) is 1.62. The van der Waals surface area contributed by atoms with E-state index < -0.39 is 10.0 Å². The maximum atomic E-state index is 12.0. The fourth-order valence-corrected chi connectivity index (χ4v) is 3.05. The first kappa shape index (κ1) is 16.2. The number of aryl methyl sites for hydroxylation is 1. The SMILES string of the molecule is COc1ccc(N(CCCc2cccnc2)S(C)(=O)=O)cn1. The average Bonchev–Trinajstić information content (AvgIpc) is 2.52. The largest absolute Gasteiger partial charge is 0.481 e. The van der Waals surface area contributed by atoms with Crippen LogP contribution in [0.25, 0.3) is 0 Å². The summed E-state index contributed by atoms with van der Waals surface area (Å²) in [5.74, 6) is 0.451. The van der Waals surface area contributed by atoms with E-state index in [2.05, 4.69) is 9.97 Å². The summed E-state index contributed by atoms with van der Waals surface area (Å²) in [6.07, 6.45) is 7.68. The lowest BCUT2D eigenvalue weighted by atomic mass is 10.1. The molecule has 22 heavy (non-hydrogen) atoms. The third-order valence-corrected chi connectivity index (χ3v) is 4.36. The van der Waals surface area contributed by atoms with Gasteiger partial charge in [0.1, 0.15) is 0 Å². The van der Waals surface area contributed by atoms with Gasteiger partial charge in [-0.05, 0) is 30.5 Å². The van der Waals surface area contributed by atoms with Gasteiger partial charge in [0, 0.05) is 25.0 Å². The highest BCUT2D eigenvalue weighted by molar-refractivity contribution is 7.92. The number of hydrogen-bond donors (Lipinski definition) is 0. The number of ether oxygens (including phenoxy) is 1. The van der Waals surface area contributed by atoms with Crippen LogP contribution >= 0.6 is 0 Å². The van der Waals surface area contributed by atoms with E-state index in [0.29, 0.717) is 24.5 Å². The van der Waals surface area contributed by atoms with Crippen molar-refractivity contribution in [1.29, 1.82) is 0 Å². The Hall–Kier alpha value is -2.15. The number of methoxy groups -OCH3 is 1. The van der Waals surface area contributed by atoms with Crippen molar-refractivity contribution in [2.45, 2.75) is 12.8 Å². The molecule has 2 aromatic rings. The second-order valence-corrected chi connectivity index (χ2v) is 6.77. The first-order valence-corrected chi connectivity index (χ1v) is 8.72. The maximum absolute atomic E-state index is 12.0. The first-order valence-electron chi connectivity index (χ1n) is 6.87. The molecule has 0 unspecified atom stereocenters. The fraction of sp³-hybridized carbons (Fsp3) is 0.333. The normalized spacial score (nSPS) is 11.2. The van der Waals surface area contributed by atoms with Gasteiger partial charge in [0.2, 0.25) is 15.9 Å². The van der Waals surface area contributed by atoms with Crippen LogP contribution in [0.1, 0.15) is 12.0 Å². The number of rotatable bonds is 7. The van der Waals surface area contributed by atoms with Gasteiger partial charge in [-0.3, -0.25) is 9.29 Å². The van der Waals surface area contributed by atoms with E-state index in [9.17, 15) is 8.42 Å². The first-order chi connectivity index (χ1) is 10.5. The number of nitrogens with zero attached hydrogens (tertiary/aromatic N) is 3. The predicted octanol–water partition coefficient (Wildman–Crippen LogP) is 1.88. The molecule has 118 valence electrons. The molecule has 6 nitrogen and oxygen atoms in total. The Bertz CT molecular complexity index is 688. The quantitative estimate of drug-likeness (QED) is 0.778. The van der Waals surface area contributed by atoms with Crippen LogP contribution in [0.4, 0.5) is 5.69 Å². The van der Waals surface area contributed by atoms with Crippen LogP contribution < -0.4 is 9.04 Å². The molecule has 7 heteroatoms. The topological polar surface area (TPSA) is 72.4 Å². The molecule has 0 radical (unpaired) electrons. The maximum Gasteiger partial charge on any atom is 0.232 e. The summed E-state index contributed by atoms with van der Waals surface area (Å²) < 4.78 is 30.3. The Morgan fingerprint density at radius 1 is 1.23 bits per heavy atom. The van der Waals surface area contributed by atoms with Crippen molar-refractivity contribution in [3.63, 3.8) is 0 Å². The fourth-order valence-electron chi connectivity index (χ4n) is 2.10. The van der Waals surface area contributed by atoms with E-state index >= 15 is 0 Å². The van der Waals surface area contributed by atoms with Gasteiger partial charge < -0.3 is 4.74 Å². The smallest absolute Gasteiger partial charge is 0.232 e. The zero-order chi connectivity index (χ0) is 16.0. The summed E-state index contributed by atoms with van der Waals surface area (Å²) in [5, 5.41) is 0. The summed E-state index contributed by atoms with van der Waals surface area (Å²) in [7, 11) is -1.84. The van der Waals surface area contributed by atoms with Crippen LogP contribution in [0.3, 0.4) is 0 Å². The number of anilines is 1. The van der Waals surface area contributed by atoms with Gasteiger partial charge in [-0.25, -0.2) is 13.4 Å². The van der Waals surface area contributed by atoms with Crippen LogP contribution in [0.2, 0.25) is 0 Å². The monoisotopic (exact) mass is 321 g/mol. The van der Waals surface area contributed by atoms with Crippen molar-refractivity contribution in [1.82, 2.24) is 9.97 Å². The molecule has 0 spiro atoms. The molecule has 0 fully saturated rings. The molecule has 2 heterocycles. The minimum Gasteiger partial charge on any atom is -0.481 e. The average molecular weight is 321 g/mol. The van der Waals surface area contributed by atoms with Gasteiger partial charge in [-0.15, -0.1) is 0 Å². The zero-order valence-corrected chi connectivity index (χ0v) is 13.5. The highest BCUT2D eigenvalue weighted by Gasteiger charge is 2.17. The molecule has 2 aromatic heterocycles. The second-order valence-electron chi connectivity index (χ2n) is 4.86. The Morgan fingerprint density at radius 2 is 2.05 bits per heavy atom. The highest BCUT2D eigenvalue weighted by Crippen LogP contribution is 2.19. The number of aromatic nitrogens is 2. The molecule has 0 atom stereocenters. The summed E-state index contributed by atoms with van der Waals surface area (Å²) in [6.45, 7) is 0.391. The molecule has 0 aromatic carbocycles. The van der Waals surface area contributed by atoms with Crippen LogP contribution in [-0.2, 0) is 16.4 Å². The minimum absolute atomic E-state index is 0.391. The van der Waals surface area contributed by atoms with Gasteiger partial charge in [-0.2, -0.15) is 0 Å². The molecule has 0 aliphatic carbocycles. The van der Waals surface area contributed by atoms with Gasteiger partial charge >= 0.3 is 0 Å². The molecule has 0 bridgehead atoms. The highest BCUT2D eigenvalue weighted by atomic mass is 32.2. The van der Waals surface area contributed by atoms with E-state index in [1.807, 2.05) is 12.1 Å². The van der Waals surface area contributed by atoms with E-state index in [4.69, 9.17) is 4.74 Å². The van der Waals surface area contributed by atoms with Gasteiger partial charge in [0.15, 0.2) is 0 Å². The lowest BCUT2D eigenvalue weighted by molar-refractivity contribution is 0.398. The van der Waals surface area contributed by atoms with E-state index in [-0.39, 0.29) is 0 Å². The Labute approximate surface area is 130 Å². The molecule has 0 saturated heterocycles. The van der Waals surface area contributed by atoms with E-state index in [1.54, 1.807) is 24.5 Å². The molecular weight excluding hydrogens is 302 g/mol. The minimum atomic E-state index is -3.36. The zero-order valence-electron chi connectivity index (χ0n) is 12.6. The van der Waals surface area contributed by atoms with Gasteiger partial charge in [-0.1, -0.05) is 6.07 Å². The third-order valence-electron chi connectivity index (χ3n) is 3.17. The number of hydrogen-bond acceptors (Lipinski definition) is 5. The molecule has 2 rings (SSSR count). The van der Waals surface area contributed by atoms with Crippen molar-refractivity contribution in [2.24, 2.45) is 0 Å². The van der Waals surface area contributed by atoms with Gasteiger partial charge in [0.25, 0.3) is 0 Å². The van der Waals surface area contributed by atoms with Crippen molar-refractivity contribution in [3.05, 3.63) is 48.4 Å². The van der Waals surface area contributed by atoms with Crippen LogP contribution in [0.15, 0.2) is 42.9 Å². The van der Waals surface area contributed by atoms with Crippen LogP contribution in [0.5, 0.6) is 5.88 Å². The van der Waals surface area contributed by atoms with Crippen molar-refractivity contribution in [3.8, 4) is 5.88 Å². The summed E-state index contributed by atoms with van der Waals surface area (Å²) >= 11 is 0. The Kier molecular flexibility index (Phi) is 5.32. The molecular formula is C15H19N3O3S.